The van der Waals surface area contributed by atoms with Gasteiger partial charge in [-0.3, -0.25) is 9.59 Å². The van der Waals surface area contributed by atoms with E-state index in [-0.39, 0.29) is 33.5 Å². The highest BCUT2D eigenvalue weighted by atomic mass is 35.5. The zero-order valence-corrected chi connectivity index (χ0v) is 13.4. The van der Waals surface area contributed by atoms with Crippen LogP contribution in [0.4, 0.5) is 0 Å². The lowest BCUT2D eigenvalue weighted by Crippen LogP contribution is -2.12. The van der Waals surface area contributed by atoms with E-state index in [1.165, 1.54) is 42.2 Å². The second-order valence-corrected chi connectivity index (χ2v) is 5.89. The quantitative estimate of drug-likeness (QED) is 0.429. The highest BCUT2D eigenvalue weighted by Gasteiger charge is 2.16. The highest BCUT2D eigenvalue weighted by molar-refractivity contribution is 7.98. The number of phenols is 1. The molecule has 0 fully saturated rings. The summed E-state index contributed by atoms with van der Waals surface area (Å²) in [6, 6.07) is 5.58. The maximum absolute atomic E-state index is 12.5. The number of ketones is 1. The first-order chi connectivity index (χ1) is 11.0. The number of H-pyrrole nitrogens is 1. The van der Waals surface area contributed by atoms with E-state index in [4.69, 9.17) is 11.6 Å². The van der Waals surface area contributed by atoms with Gasteiger partial charge in [0.25, 0.3) is 5.56 Å². The smallest absolute Gasteiger partial charge is 0.261 e. The number of aromatic nitrogens is 3. The molecule has 0 aliphatic heterocycles. The van der Waals surface area contributed by atoms with Gasteiger partial charge >= 0.3 is 0 Å². The van der Waals surface area contributed by atoms with Crippen LogP contribution in [0.3, 0.4) is 0 Å². The lowest BCUT2D eigenvalue weighted by molar-refractivity contribution is 0.103. The average Bonchev–Trinajstić information content (AvgIpc) is 2.56. The molecule has 0 atom stereocenters. The van der Waals surface area contributed by atoms with Crippen LogP contribution in [0.2, 0.25) is 5.02 Å². The van der Waals surface area contributed by atoms with Crippen LogP contribution >= 0.6 is 23.4 Å². The molecular formula is C15H10ClN3O3S. The van der Waals surface area contributed by atoms with Gasteiger partial charge in [0, 0.05) is 16.8 Å². The number of pyridine rings is 1. The van der Waals surface area contributed by atoms with E-state index in [1.807, 2.05) is 0 Å². The van der Waals surface area contributed by atoms with Gasteiger partial charge in [0.15, 0.2) is 16.6 Å². The minimum Gasteiger partial charge on any atom is -0.507 e. The molecule has 0 spiro atoms. The number of aromatic hydroxyl groups is 1. The predicted octanol–water partition coefficient (Wildman–Crippen LogP) is 2.63. The SMILES string of the molecule is CSc1nc2ncc(C(=O)c3cc(Cl)ccc3O)cc2c(=O)[nH]1. The van der Waals surface area contributed by atoms with E-state index in [0.29, 0.717) is 10.2 Å². The number of benzene rings is 1. The van der Waals surface area contributed by atoms with Crippen LogP contribution in [-0.4, -0.2) is 32.1 Å². The third kappa shape index (κ3) is 2.93. The molecule has 2 heterocycles. The van der Waals surface area contributed by atoms with Gasteiger partial charge < -0.3 is 10.1 Å². The third-order valence-corrected chi connectivity index (χ3v) is 4.01. The minimum absolute atomic E-state index is 0.0452. The summed E-state index contributed by atoms with van der Waals surface area (Å²) in [6.45, 7) is 0. The number of rotatable bonds is 3. The minimum atomic E-state index is -0.479. The molecule has 0 radical (unpaired) electrons. The predicted molar refractivity (Wildman–Crippen MR) is 88.5 cm³/mol. The number of fused-ring (bicyclic) bond motifs is 1. The topological polar surface area (TPSA) is 95.9 Å². The van der Waals surface area contributed by atoms with Crippen molar-refractivity contribution in [1.29, 1.82) is 0 Å². The third-order valence-electron chi connectivity index (χ3n) is 3.20. The van der Waals surface area contributed by atoms with Crippen molar-refractivity contribution in [2.75, 3.05) is 6.26 Å². The van der Waals surface area contributed by atoms with Crippen LogP contribution in [0.15, 0.2) is 40.4 Å². The summed E-state index contributed by atoms with van der Waals surface area (Å²) in [5, 5.41) is 10.8. The van der Waals surface area contributed by atoms with Crippen LogP contribution in [-0.2, 0) is 0 Å². The average molecular weight is 348 g/mol. The largest absolute Gasteiger partial charge is 0.507 e. The molecule has 23 heavy (non-hydrogen) atoms. The van der Waals surface area contributed by atoms with Crippen molar-refractivity contribution >= 4 is 40.2 Å². The Labute approximate surface area is 139 Å². The number of nitrogens with one attached hydrogen (secondary N) is 1. The Morgan fingerprint density at radius 2 is 2.13 bits per heavy atom. The van der Waals surface area contributed by atoms with Crippen molar-refractivity contribution in [1.82, 2.24) is 15.0 Å². The fraction of sp³-hybridized carbons (Fsp3) is 0.0667. The van der Waals surface area contributed by atoms with Crippen LogP contribution in [0.1, 0.15) is 15.9 Å². The molecule has 3 rings (SSSR count). The number of thioether (sulfide) groups is 1. The van der Waals surface area contributed by atoms with E-state index in [0.717, 1.165) is 0 Å². The number of hydrogen-bond acceptors (Lipinski definition) is 6. The maximum Gasteiger partial charge on any atom is 0.261 e. The first kappa shape index (κ1) is 15.5. The summed E-state index contributed by atoms with van der Waals surface area (Å²) >= 11 is 7.14. The van der Waals surface area contributed by atoms with Crippen LogP contribution in [0.25, 0.3) is 11.0 Å². The molecule has 6 nitrogen and oxygen atoms in total. The fourth-order valence-electron chi connectivity index (χ4n) is 2.07. The van der Waals surface area contributed by atoms with Gasteiger partial charge in [0.05, 0.1) is 10.9 Å². The van der Waals surface area contributed by atoms with E-state index in [1.54, 1.807) is 6.26 Å². The molecule has 2 aromatic heterocycles. The Morgan fingerprint density at radius 3 is 2.87 bits per heavy atom. The van der Waals surface area contributed by atoms with Crippen LogP contribution < -0.4 is 5.56 Å². The first-order valence-electron chi connectivity index (χ1n) is 6.47. The number of nitrogens with zero attached hydrogens (tertiary/aromatic N) is 2. The molecule has 0 saturated carbocycles. The second kappa shape index (κ2) is 6.02. The highest BCUT2D eigenvalue weighted by Crippen LogP contribution is 2.24. The second-order valence-electron chi connectivity index (χ2n) is 4.66. The summed E-state index contributed by atoms with van der Waals surface area (Å²) < 4.78 is 0. The van der Waals surface area contributed by atoms with Gasteiger partial charge in [-0.1, -0.05) is 23.4 Å². The summed E-state index contributed by atoms with van der Waals surface area (Å²) in [6.07, 6.45) is 3.10. The molecule has 1 aromatic carbocycles. The number of halogens is 1. The zero-order chi connectivity index (χ0) is 16.6. The molecule has 116 valence electrons. The first-order valence-corrected chi connectivity index (χ1v) is 8.07. The lowest BCUT2D eigenvalue weighted by Gasteiger charge is -2.05. The van der Waals surface area contributed by atoms with Gasteiger partial charge in [-0.2, -0.15) is 0 Å². The van der Waals surface area contributed by atoms with E-state index >= 15 is 0 Å². The fourth-order valence-corrected chi connectivity index (χ4v) is 2.61. The zero-order valence-electron chi connectivity index (χ0n) is 11.8. The standard InChI is InChI=1S/C15H10ClN3O3S/c1-23-15-18-13-10(14(22)19-15)4-7(6-17-13)12(21)9-5-8(16)2-3-11(9)20/h2-6,20H,1H3,(H,17,18,19,22). The summed E-state index contributed by atoms with van der Waals surface area (Å²) in [7, 11) is 0. The molecular weight excluding hydrogens is 338 g/mol. The van der Waals surface area contributed by atoms with E-state index < -0.39 is 5.78 Å². The molecule has 0 aliphatic rings. The summed E-state index contributed by atoms with van der Waals surface area (Å²) in [5.41, 5.74) is 0.0878. The van der Waals surface area contributed by atoms with Gasteiger partial charge in [-0.25, -0.2) is 9.97 Å². The van der Waals surface area contributed by atoms with Gasteiger partial charge in [0.2, 0.25) is 0 Å². The van der Waals surface area contributed by atoms with Crippen molar-refractivity contribution in [3.8, 4) is 5.75 Å². The Kier molecular flexibility index (Phi) is 4.06. The van der Waals surface area contributed by atoms with Crippen LogP contribution in [0.5, 0.6) is 5.75 Å². The number of carbonyl (C=O) groups is 1. The number of carbonyl (C=O) groups excluding carboxylic acids is 1. The number of aromatic amines is 1. The summed E-state index contributed by atoms with van der Waals surface area (Å²) in [4.78, 5) is 35.4. The Balaban J connectivity index is 2.13. The maximum atomic E-state index is 12.5. The Bertz CT molecular complexity index is 987. The van der Waals surface area contributed by atoms with Crippen molar-refractivity contribution in [2.45, 2.75) is 5.16 Å². The van der Waals surface area contributed by atoms with Crippen LogP contribution in [0, 0.1) is 0 Å². The van der Waals surface area contributed by atoms with E-state index in [9.17, 15) is 14.7 Å². The van der Waals surface area contributed by atoms with Gasteiger partial charge in [-0.15, -0.1) is 0 Å². The molecule has 0 unspecified atom stereocenters. The monoisotopic (exact) mass is 347 g/mol. The Hall–Kier alpha value is -2.38. The van der Waals surface area contributed by atoms with E-state index in [2.05, 4.69) is 15.0 Å². The van der Waals surface area contributed by atoms with Crippen molar-refractivity contribution in [3.05, 3.63) is 57.0 Å². The van der Waals surface area contributed by atoms with Crippen molar-refractivity contribution < 1.29 is 9.90 Å². The number of phenolic OH excluding ortho intramolecular Hbond substituents is 1. The van der Waals surface area contributed by atoms with Gasteiger partial charge in [0.1, 0.15) is 5.75 Å². The molecule has 0 aliphatic carbocycles. The number of hydrogen-bond donors (Lipinski definition) is 2. The molecule has 8 heteroatoms. The molecule has 0 bridgehead atoms. The molecule has 0 amide bonds. The van der Waals surface area contributed by atoms with Gasteiger partial charge in [-0.05, 0) is 30.5 Å². The molecule has 2 N–H and O–H groups in total. The summed E-state index contributed by atoms with van der Waals surface area (Å²) in [5.74, 6) is -0.669. The van der Waals surface area contributed by atoms with Crippen molar-refractivity contribution in [2.24, 2.45) is 0 Å². The molecule has 0 saturated heterocycles. The lowest BCUT2D eigenvalue weighted by atomic mass is 10.0. The normalized spacial score (nSPS) is 10.9. The van der Waals surface area contributed by atoms with Crippen molar-refractivity contribution in [3.63, 3.8) is 0 Å². The Morgan fingerprint density at radius 1 is 1.35 bits per heavy atom. The molecule has 3 aromatic rings.